The fourth-order valence-corrected chi connectivity index (χ4v) is 3.05. The maximum absolute atomic E-state index is 13.9. The minimum atomic E-state index is -0.663. The van der Waals surface area contributed by atoms with Crippen molar-refractivity contribution in [1.29, 1.82) is 10.7 Å². The van der Waals surface area contributed by atoms with Crippen LogP contribution < -0.4 is 16.2 Å². The number of hydrogen-bond donors (Lipinski definition) is 4. The first-order valence-corrected chi connectivity index (χ1v) is 9.82. The highest BCUT2D eigenvalue weighted by atomic mass is 19.1. The van der Waals surface area contributed by atoms with Gasteiger partial charge >= 0.3 is 0 Å². The molecule has 0 saturated carbocycles. The van der Waals surface area contributed by atoms with Gasteiger partial charge in [0.15, 0.2) is 0 Å². The van der Waals surface area contributed by atoms with Gasteiger partial charge in [-0.25, -0.2) is 9.37 Å². The van der Waals surface area contributed by atoms with E-state index >= 15 is 0 Å². The van der Waals surface area contributed by atoms with Gasteiger partial charge in [0.2, 0.25) is 0 Å². The average Bonchev–Trinajstić information content (AvgIpc) is 2.78. The zero-order valence-corrected chi connectivity index (χ0v) is 17.7. The lowest BCUT2D eigenvalue weighted by Gasteiger charge is -2.24. The second-order valence-electron chi connectivity index (χ2n) is 7.77. The van der Waals surface area contributed by atoms with E-state index in [9.17, 15) is 19.6 Å². The third-order valence-corrected chi connectivity index (χ3v) is 4.82. The van der Waals surface area contributed by atoms with Crippen LogP contribution in [0.5, 0.6) is 0 Å². The van der Waals surface area contributed by atoms with Crippen LogP contribution in [-0.4, -0.2) is 33.0 Å². The van der Waals surface area contributed by atoms with Crippen LogP contribution in [0.2, 0.25) is 0 Å². The van der Waals surface area contributed by atoms with E-state index in [1.165, 1.54) is 29.1 Å². The number of anilines is 2. The van der Waals surface area contributed by atoms with Crippen LogP contribution in [0.25, 0.3) is 5.69 Å². The van der Waals surface area contributed by atoms with Crippen LogP contribution in [0, 0.1) is 22.6 Å². The van der Waals surface area contributed by atoms with Crippen molar-refractivity contribution in [2.45, 2.75) is 25.9 Å². The van der Waals surface area contributed by atoms with E-state index in [1.807, 2.05) is 6.07 Å². The third-order valence-electron chi connectivity index (χ3n) is 4.82. The van der Waals surface area contributed by atoms with E-state index < -0.39 is 11.1 Å². The SMILES string of the molecule is CC(C)(CO)Nc1cc(-n2ccc(NCc3ccccc3F)c(C=N)c2=O)c(C#N)cn1. The molecule has 0 amide bonds. The number of nitrogens with one attached hydrogen (secondary N) is 3. The number of aromatic nitrogens is 2. The van der Waals surface area contributed by atoms with Gasteiger partial charge in [0.25, 0.3) is 5.56 Å². The number of aliphatic hydroxyl groups excluding tert-OH is 1. The van der Waals surface area contributed by atoms with E-state index in [0.717, 1.165) is 6.21 Å². The minimum absolute atomic E-state index is 0.0646. The molecule has 0 unspecified atom stereocenters. The van der Waals surface area contributed by atoms with Crippen LogP contribution in [0.4, 0.5) is 15.9 Å². The normalized spacial score (nSPS) is 11.0. The number of pyridine rings is 2. The van der Waals surface area contributed by atoms with Crippen molar-refractivity contribution in [3.63, 3.8) is 0 Å². The maximum atomic E-state index is 13.9. The van der Waals surface area contributed by atoms with Gasteiger partial charge in [0.05, 0.1) is 34.6 Å². The quantitative estimate of drug-likeness (QED) is 0.404. The second kappa shape index (κ2) is 9.41. The molecule has 0 fully saturated rings. The van der Waals surface area contributed by atoms with Crippen LogP contribution in [-0.2, 0) is 6.54 Å². The van der Waals surface area contributed by atoms with Crippen LogP contribution in [0.15, 0.2) is 53.6 Å². The van der Waals surface area contributed by atoms with Crippen molar-refractivity contribution in [3.05, 3.63) is 81.7 Å². The highest BCUT2D eigenvalue weighted by Crippen LogP contribution is 2.21. The first-order valence-electron chi connectivity index (χ1n) is 9.82. The zero-order chi connectivity index (χ0) is 23.3. The Kier molecular flexibility index (Phi) is 6.66. The summed E-state index contributed by atoms with van der Waals surface area (Å²) in [5, 5.41) is 32.8. The molecule has 1 aromatic carbocycles. The minimum Gasteiger partial charge on any atom is -0.394 e. The summed E-state index contributed by atoms with van der Waals surface area (Å²) < 4.78 is 15.2. The molecule has 3 aromatic rings. The first-order chi connectivity index (χ1) is 15.3. The first kappa shape index (κ1) is 22.7. The molecule has 0 saturated heterocycles. The van der Waals surface area contributed by atoms with Gasteiger partial charge < -0.3 is 21.1 Å². The maximum Gasteiger partial charge on any atom is 0.266 e. The van der Waals surface area contributed by atoms with Crippen LogP contribution in [0.3, 0.4) is 0 Å². The molecule has 4 N–H and O–H groups in total. The molecule has 8 nitrogen and oxygen atoms in total. The predicted octanol–water partition coefficient (Wildman–Crippen LogP) is 3.04. The Hall–Kier alpha value is -4.03. The Morgan fingerprint density at radius 2 is 2.09 bits per heavy atom. The van der Waals surface area contributed by atoms with E-state index in [-0.39, 0.29) is 35.8 Å². The molecule has 2 aromatic heterocycles. The molecule has 0 bridgehead atoms. The van der Waals surface area contributed by atoms with Gasteiger partial charge in [-0.05, 0) is 26.0 Å². The summed E-state index contributed by atoms with van der Waals surface area (Å²) in [5.41, 5.74) is 0.134. The second-order valence-corrected chi connectivity index (χ2v) is 7.77. The van der Waals surface area contributed by atoms with Crippen molar-refractivity contribution in [1.82, 2.24) is 9.55 Å². The monoisotopic (exact) mass is 434 g/mol. The summed E-state index contributed by atoms with van der Waals surface area (Å²) in [7, 11) is 0. The summed E-state index contributed by atoms with van der Waals surface area (Å²) >= 11 is 0. The number of nitriles is 1. The number of benzene rings is 1. The largest absolute Gasteiger partial charge is 0.394 e. The average molecular weight is 434 g/mol. The molecular formula is C23H23FN6O2. The number of hydrogen-bond acceptors (Lipinski definition) is 7. The number of nitrogens with zero attached hydrogens (tertiary/aromatic N) is 3. The van der Waals surface area contributed by atoms with Gasteiger partial charge in [-0.3, -0.25) is 9.36 Å². The molecule has 0 aliphatic rings. The Morgan fingerprint density at radius 3 is 2.75 bits per heavy atom. The van der Waals surface area contributed by atoms with Gasteiger partial charge in [-0.1, -0.05) is 18.2 Å². The Balaban J connectivity index is 2.00. The van der Waals surface area contributed by atoms with E-state index in [0.29, 0.717) is 17.1 Å². The van der Waals surface area contributed by atoms with E-state index in [2.05, 4.69) is 15.6 Å². The van der Waals surface area contributed by atoms with Crippen molar-refractivity contribution in [3.8, 4) is 11.8 Å². The highest BCUT2D eigenvalue weighted by Gasteiger charge is 2.19. The summed E-state index contributed by atoms with van der Waals surface area (Å²) in [6.45, 7) is 3.55. The third kappa shape index (κ3) is 4.82. The smallest absolute Gasteiger partial charge is 0.266 e. The molecular weight excluding hydrogens is 411 g/mol. The fraction of sp³-hybridized carbons (Fsp3) is 0.217. The molecule has 9 heteroatoms. The topological polar surface area (TPSA) is 127 Å². The van der Waals surface area contributed by atoms with Gasteiger partial charge in [-0.15, -0.1) is 0 Å². The highest BCUT2D eigenvalue weighted by molar-refractivity contribution is 5.85. The van der Waals surface area contributed by atoms with Crippen molar-refractivity contribution < 1.29 is 9.50 Å². The molecule has 164 valence electrons. The van der Waals surface area contributed by atoms with E-state index in [4.69, 9.17) is 5.41 Å². The number of aliphatic hydroxyl groups is 1. The standard InChI is InChI=1S/C23H23FN6O2/c1-23(2,14-31)29-21-9-20(16(10-25)13-28-21)30-8-7-19(17(11-26)22(30)32)27-12-15-5-3-4-6-18(15)24/h3-9,11,13,26-27,31H,12,14H2,1-2H3,(H,28,29). The Morgan fingerprint density at radius 1 is 1.34 bits per heavy atom. The summed E-state index contributed by atoms with van der Waals surface area (Å²) in [5.74, 6) is 0.00846. The van der Waals surface area contributed by atoms with E-state index in [1.54, 1.807) is 38.1 Å². The van der Waals surface area contributed by atoms with Gasteiger partial charge in [0, 0.05) is 36.8 Å². The van der Waals surface area contributed by atoms with Crippen LogP contribution >= 0.6 is 0 Å². The van der Waals surface area contributed by atoms with Crippen LogP contribution in [0.1, 0.15) is 30.5 Å². The molecule has 32 heavy (non-hydrogen) atoms. The Bertz CT molecular complexity index is 1250. The Labute approximate surface area is 184 Å². The van der Waals surface area contributed by atoms with Crippen molar-refractivity contribution in [2.24, 2.45) is 0 Å². The van der Waals surface area contributed by atoms with Gasteiger partial charge in [0.1, 0.15) is 17.7 Å². The fourth-order valence-electron chi connectivity index (χ4n) is 3.05. The molecule has 0 aliphatic carbocycles. The molecule has 3 rings (SSSR count). The number of rotatable bonds is 8. The summed E-state index contributed by atoms with van der Waals surface area (Å²) in [4.78, 5) is 17.3. The molecule has 0 atom stereocenters. The zero-order valence-electron chi connectivity index (χ0n) is 17.7. The summed E-state index contributed by atoms with van der Waals surface area (Å²) in [6.07, 6.45) is 3.74. The molecule has 2 heterocycles. The lowest BCUT2D eigenvalue weighted by molar-refractivity contribution is 0.234. The van der Waals surface area contributed by atoms with Crippen molar-refractivity contribution in [2.75, 3.05) is 17.2 Å². The lowest BCUT2D eigenvalue weighted by Crippen LogP contribution is -2.35. The molecule has 0 spiro atoms. The molecule has 0 aliphatic heterocycles. The lowest BCUT2D eigenvalue weighted by atomic mass is 10.1. The predicted molar refractivity (Wildman–Crippen MR) is 121 cm³/mol. The summed E-state index contributed by atoms with van der Waals surface area (Å²) in [6, 6.07) is 11.4. The molecule has 0 radical (unpaired) electrons. The van der Waals surface area contributed by atoms with Crippen molar-refractivity contribution >= 4 is 17.7 Å². The van der Waals surface area contributed by atoms with Gasteiger partial charge in [-0.2, -0.15) is 5.26 Å². The number of halogens is 1.